The Bertz CT molecular complexity index is 769. The number of guanidine groups is 1. The predicted molar refractivity (Wildman–Crippen MR) is 98.8 cm³/mol. The van der Waals surface area contributed by atoms with Gasteiger partial charge in [-0.3, -0.25) is 4.99 Å². The molecule has 2 N–H and O–H groups in total. The van der Waals surface area contributed by atoms with Gasteiger partial charge in [0.1, 0.15) is 12.4 Å². The summed E-state index contributed by atoms with van der Waals surface area (Å²) in [4.78, 5) is 4.44. The first kappa shape index (κ1) is 18.9. The van der Waals surface area contributed by atoms with Gasteiger partial charge in [-0.25, -0.2) is 8.42 Å². The standard InChI is InChI=1S/C17H24N4O3S/c1-18-17(19-9-13-21-11-3-4-12-21)20-10-14-24-15-5-7-16(8-6-15)25(2,22)23/h3-8,11-12H,9-10,13-14H2,1-2H3,(H2,18,19,20). The molecule has 1 heterocycles. The van der Waals surface area contributed by atoms with Crippen LogP contribution in [0.3, 0.4) is 0 Å². The topological polar surface area (TPSA) is 84.7 Å². The van der Waals surface area contributed by atoms with Gasteiger partial charge in [0.25, 0.3) is 0 Å². The first-order valence-corrected chi connectivity index (χ1v) is 9.86. The predicted octanol–water partition coefficient (Wildman–Crippen LogP) is 1.14. The molecule has 0 saturated carbocycles. The summed E-state index contributed by atoms with van der Waals surface area (Å²) >= 11 is 0. The van der Waals surface area contributed by atoms with Crippen molar-refractivity contribution < 1.29 is 13.2 Å². The zero-order valence-electron chi connectivity index (χ0n) is 14.5. The SMILES string of the molecule is CN=C(NCCOc1ccc(S(C)(=O)=O)cc1)NCCn1cccc1. The molecular formula is C17H24N4O3S. The van der Waals surface area contributed by atoms with Crippen LogP contribution < -0.4 is 15.4 Å². The Hall–Kier alpha value is -2.48. The third kappa shape index (κ3) is 6.50. The van der Waals surface area contributed by atoms with Crippen LogP contribution in [0.4, 0.5) is 0 Å². The molecule has 0 fully saturated rings. The molecule has 0 saturated heterocycles. The van der Waals surface area contributed by atoms with Crippen LogP contribution in [-0.2, 0) is 16.4 Å². The minimum atomic E-state index is -3.18. The van der Waals surface area contributed by atoms with Crippen molar-refractivity contribution in [3.63, 3.8) is 0 Å². The molecule has 0 radical (unpaired) electrons. The number of sulfone groups is 1. The van der Waals surface area contributed by atoms with E-state index in [1.165, 1.54) is 6.26 Å². The van der Waals surface area contributed by atoms with Gasteiger partial charge in [-0.15, -0.1) is 0 Å². The smallest absolute Gasteiger partial charge is 0.191 e. The second kappa shape index (κ2) is 9.12. The molecule has 7 nitrogen and oxygen atoms in total. The van der Waals surface area contributed by atoms with E-state index in [1.807, 2.05) is 24.5 Å². The van der Waals surface area contributed by atoms with Gasteiger partial charge in [0.2, 0.25) is 0 Å². The number of aromatic nitrogens is 1. The van der Waals surface area contributed by atoms with E-state index in [2.05, 4.69) is 20.2 Å². The van der Waals surface area contributed by atoms with Crippen LogP contribution in [0.25, 0.3) is 0 Å². The number of hydrogen-bond donors (Lipinski definition) is 2. The zero-order chi connectivity index (χ0) is 18.1. The average Bonchev–Trinajstić information content (AvgIpc) is 3.10. The quantitative estimate of drug-likeness (QED) is 0.417. The minimum Gasteiger partial charge on any atom is -0.492 e. The Balaban J connectivity index is 1.67. The van der Waals surface area contributed by atoms with E-state index in [9.17, 15) is 8.42 Å². The van der Waals surface area contributed by atoms with Gasteiger partial charge >= 0.3 is 0 Å². The van der Waals surface area contributed by atoms with Gasteiger partial charge in [-0.2, -0.15) is 0 Å². The number of rotatable bonds is 8. The fourth-order valence-electron chi connectivity index (χ4n) is 2.16. The molecule has 2 rings (SSSR count). The summed E-state index contributed by atoms with van der Waals surface area (Å²) in [5, 5.41) is 6.39. The first-order chi connectivity index (χ1) is 12.0. The maximum absolute atomic E-state index is 11.4. The molecule has 25 heavy (non-hydrogen) atoms. The molecule has 8 heteroatoms. The van der Waals surface area contributed by atoms with E-state index in [-0.39, 0.29) is 4.90 Å². The maximum Gasteiger partial charge on any atom is 0.191 e. The van der Waals surface area contributed by atoms with Gasteiger partial charge in [-0.1, -0.05) is 0 Å². The highest BCUT2D eigenvalue weighted by atomic mass is 32.2. The number of hydrogen-bond acceptors (Lipinski definition) is 4. The van der Waals surface area contributed by atoms with Crippen LogP contribution in [0, 0.1) is 0 Å². The Kier molecular flexibility index (Phi) is 6.88. The van der Waals surface area contributed by atoms with E-state index in [0.717, 1.165) is 13.1 Å². The molecule has 0 aliphatic heterocycles. The van der Waals surface area contributed by atoms with Crippen LogP contribution in [-0.4, -0.2) is 51.9 Å². The van der Waals surface area contributed by atoms with Gasteiger partial charge in [0, 0.05) is 38.8 Å². The van der Waals surface area contributed by atoms with Crippen molar-refractivity contribution in [3.8, 4) is 5.75 Å². The average molecular weight is 364 g/mol. The highest BCUT2D eigenvalue weighted by Gasteiger charge is 2.06. The number of aliphatic imine (C=N–C) groups is 1. The zero-order valence-corrected chi connectivity index (χ0v) is 15.3. The molecule has 1 aromatic carbocycles. The van der Waals surface area contributed by atoms with Gasteiger partial charge in [0.05, 0.1) is 11.4 Å². The van der Waals surface area contributed by atoms with Gasteiger partial charge in [0.15, 0.2) is 15.8 Å². The molecule has 2 aromatic rings. The summed E-state index contributed by atoms with van der Waals surface area (Å²) in [5.41, 5.74) is 0. The lowest BCUT2D eigenvalue weighted by Gasteiger charge is -2.13. The largest absolute Gasteiger partial charge is 0.492 e. The summed E-state index contributed by atoms with van der Waals surface area (Å²) in [5.74, 6) is 1.34. The van der Waals surface area contributed by atoms with Crippen LogP contribution in [0.1, 0.15) is 0 Å². The summed E-state index contributed by atoms with van der Waals surface area (Å²) in [7, 11) is -1.46. The molecule has 136 valence electrons. The number of nitrogens with one attached hydrogen (secondary N) is 2. The summed E-state index contributed by atoms with van der Waals surface area (Å²) in [6, 6.07) is 10.4. The van der Waals surface area contributed by atoms with E-state index >= 15 is 0 Å². The fourth-order valence-corrected chi connectivity index (χ4v) is 2.80. The van der Waals surface area contributed by atoms with Crippen molar-refractivity contribution in [1.29, 1.82) is 0 Å². The Labute approximate surface area is 148 Å². The number of benzene rings is 1. The minimum absolute atomic E-state index is 0.283. The lowest BCUT2D eigenvalue weighted by atomic mass is 10.3. The van der Waals surface area contributed by atoms with Crippen molar-refractivity contribution in [2.24, 2.45) is 4.99 Å². The molecule has 0 aliphatic rings. The van der Waals surface area contributed by atoms with Crippen molar-refractivity contribution in [2.75, 3.05) is 33.0 Å². The molecule has 0 unspecified atom stereocenters. The molecule has 1 aromatic heterocycles. The molecule has 0 amide bonds. The van der Waals surface area contributed by atoms with Gasteiger partial charge < -0.3 is 19.9 Å². The molecule has 0 aliphatic carbocycles. The highest BCUT2D eigenvalue weighted by Crippen LogP contribution is 2.15. The maximum atomic E-state index is 11.4. The van der Waals surface area contributed by atoms with Gasteiger partial charge in [-0.05, 0) is 36.4 Å². The first-order valence-electron chi connectivity index (χ1n) is 7.97. The third-order valence-corrected chi connectivity index (χ3v) is 4.60. The Morgan fingerprint density at radius 1 is 1.12 bits per heavy atom. The highest BCUT2D eigenvalue weighted by molar-refractivity contribution is 7.90. The Morgan fingerprint density at radius 2 is 1.76 bits per heavy atom. The lowest BCUT2D eigenvalue weighted by molar-refractivity contribution is 0.321. The van der Waals surface area contributed by atoms with Crippen molar-refractivity contribution >= 4 is 15.8 Å². The van der Waals surface area contributed by atoms with Crippen LogP contribution in [0.15, 0.2) is 58.7 Å². The Morgan fingerprint density at radius 3 is 2.36 bits per heavy atom. The van der Waals surface area contributed by atoms with E-state index in [0.29, 0.717) is 24.9 Å². The van der Waals surface area contributed by atoms with E-state index < -0.39 is 9.84 Å². The van der Waals surface area contributed by atoms with Crippen molar-refractivity contribution in [2.45, 2.75) is 11.4 Å². The van der Waals surface area contributed by atoms with E-state index in [1.54, 1.807) is 31.3 Å². The number of ether oxygens (including phenoxy) is 1. The number of nitrogens with zero attached hydrogens (tertiary/aromatic N) is 2. The molecule has 0 bridgehead atoms. The van der Waals surface area contributed by atoms with E-state index in [4.69, 9.17) is 4.74 Å². The monoisotopic (exact) mass is 364 g/mol. The summed E-state index contributed by atoms with van der Waals surface area (Å²) in [6.45, 7) is 2.65. The second-order valence-electron chi connectivity index (χ2n) is 5.44. The molecule has 0 atom stereocenters. The van der Waals surface area contributed by atoms with Crippen LogP contribution >= 0.6 is 0 Å². The molecule has 0 spiro atoms. The third-order valence-electron chi connectivity index (χ3n) is 3.47. The van der Waals surface area contributed by atoms with Crippen molar-refractivity contribution in [3.05, 3.63) is 48.8 Å². The van der Waals surface area contributed by atoms with Crippen molar-refractivity contribution in [1.82, 2.24) is 15.2 Å². The normalized spacial score (nSPS) is 12.0. The second-order valence-corrected chi connectivity index (χ2v) is 7.45. The lowest BCUT2D eigenvalue weighted by Crippen LogP contribution is -2.40. The fraction of sp³-hybridized carbons (Fsp3) is 0.353. The molecular weight excluding hydrogens is 340 g/mol. The van der Waals surface area contributed by atoms with Crippen LogP contribution in [0.5, 0.6) is 5.75 Å². The van der Waals surface area contributed by atoms with Crippen LogP contribution in [0.2, 0.25) is 0 Å². The summed E-state index contributed by atoms with van der Waals surface area (Å²) < 4.78 is 30.5. The summed E-state index contributed by atoms with van der Waals surface area (Å²) in [6.07, 6.45) is 5.21.